The molecule has 4 aromatic rings. The first kappa shape index (κ1) is 23.6. The third-order valence-corrected chi connectivity index (χ3v) is 6.96. The number of para-hydroxylation sites is 1. The Morgan fingerprint density at radius 2 is 1.80 bits per heavy atom. The average Bonchev–Trinajstić information content (AvgIpc) is 3.27. The molecule has 1 aliphatic heterocycles. The van der Waals surface area contributed by atoms with Crippen LogP contribution in [0, 0.1) is 11.8 Å². The fraction of sp³-hybridized carbons (Fsp3) is 0.310. The van der Waals surface area contributed by atoms with Gasteiger partial charge in [0.25, 0.3) is 5.56 Å². The number of nitrogens with zero attached hydrogens (tertiary/aromatic N) is 3. The maximum atomic E-state index is 13.9. The van der Waals surface area contributed by atoms with Crippen molar-refractivity contribution in [2.24, 2.45) is 11.8 Å². The van der Waals surface area contributed by atoms with E-state index < -0.39 is 0 Å². The van der Waals surface area contributed by atoms with Gasteiger partial charge >= 0.3 is 0 Å². The van der Waals surface area contributed by atoms with Crippen LogP contribution in [0.1, 0.15) is 20.3 Å². The van der Waals surface area contributed by atoms with Gasteiger partial charge in [-0.2, -0.15) is 0 Å². The highest BCUT2D eigenvalue weighted by atomic mass is 35.5. The Hall–Kier alpha value is -3.15. The van der Waals surface area contributed by atoms with Gasteiger partial charge in [-0.3, -0.25) is 9.36 Å². The minimum atomic E-state index is -0.0774. The van der Waals surface area contributed by atoms with Crippen molar-refractivity contribution in [3.8, 4) is 28.3 Å². The molecule has 1 N–H and O–H groups in total. The summed E-state index contributed by atoms with van der Waals surface area (Å²) in [6.45, 7) is 8.13. The monoisotopic (exact) mass is 487 g/mol. The van der Waals surface area contributed by atoms with Gasteiger partial charge in [-0.05, 0) is 72.3 Å². The molecule has 0 spiro atoms. The van der Waals surface area contributed by atoms with Crippen LogP contribution in [-0.2, 0) is 6.54 Å². The molecule has 1 saturated heterocycles. The molecule has 0 bridgehead atoms. The molecule has 1 unspecified atom stereocenters. The molecule has 2 heterocycles. The number of halogens is 1. The van der Waals surface area contributed by atoms with Gasteiger partial charge in [0.15, 0.2) is 0 Å². The predicted molar refractivity (Wildman–Crippen MR) is 143 cm³/mol. The molecule has 1 atom stereocenters. The van der Waals surface area contributed by atoms with Gasteiger partial charge in [-0.25, -0.2) is 4.98 Å². The zero-order valence-corrected chi connectivity index (χ0v) is 20.9. The lowest BCUT2D eigenvalue weighted by atomic mass is 10.0. The van der Waals surface area contributed by atoms with Crippen molar-refractivity contribution in [3.63, 3.8) is 0 Å². The molecule has 0 radical (unpaired) electrons. The van der Waals surface area contributed by atoms with Gasteiger partial charge in [0.1, 0.15) is 11.6 Å². The quantitative estimate of drug-likeness (QED) is 0.358. The zero-order chi connectivity index (χ0) is 24.5. The lowest BCUT2D eigenvalue weighted by Gasteiger charge is -2.20. The van der Waals surface area contributed by atoms with E-state index in [0.29, 0.717) is 45.7 Å². The van der Waals surface area contributed by atoms with Crippen molar-refractivity contribution >= 4 is 22.5 Å². The van der Waals surface area contributed by atoms with E-state index >= 15 is 0 Å². The second-order valence-corrected chi connectivity index (χ2v) is 10.4. The minimum absolute atomic E-state index is 0.0774. The van der Waals surface area contributed by atoms with Crippen molar-refractivity contribution in [1.82, 2.24) is 14.5 Å². The number of fused-ring (bicyclic) bond motifs is 1. The topological polar surface area (TPSA) is 58.4 Å². The molecule has 1 fully saturated rings. The Labute approximate surface area is 210 Å². The number of hydrogen-bond acceptors (Lipinski definition) is 4. The van der Waals surface area contributed by atoms with Crippen LogP contribution < -0.4 is 5.56 Å². The molecule has 5 rings (SSSR count). The molecule has 1 aliphatic rings. The van der Waals surface area contributed by atoms with Gasteiger partial charge in [-0.1, -0.05) is 55.8 Å². The van der Waals surface area contributed by atoms with Crippen molar-refractivity contribution in [2.45, 2.75) is 26.8 Å². The largest absolute Gasteiger partial charge is 0.507 e. The summed E-state index contributed by atoms with van der Waals surface area (Å²) in [5.74, 6) is 1.61. The molecular formula is C29H30ClN3O2. The van der Waals surface area contributed by atoms with Crippen LogP contribution in [-0.4, -0.2) is 39.2 Å². The second-order valence-electron chi connectivity index (χ2n) is 9.92. The van der Waals surface area contributed by atoms with Crippen LogP contribution in [0.25, 0.3) is 33.4 Å². The van der Waals surface area contributed by atoms with Crippen molar-refractivity contribution in [1.29, 1.82) is 0 Å². The first-order valence-electron chi connectivity index (χ1n) is 12.2. The number of phenolic OH excluding ortho intramolecular Hbond substituents is 1. The maximum absolute atomic E-state index is 13.9. The molecule has 35 heavy (non-hydrogen) atoms. The molecule has 0 aliphatic carbocycles. The SMILES string of the molecule is CC(C)CN1CCC(Cn2c(-c3ccccc3O)nc3ccc(-c4ccc(Cl)cc4)cc3c2=O)C1. The highest BCUT2D eigenvalue weighted by Gasteiger charge is 2.26. The fourth-order valence-corrected chi connectivity index (χ4v) is 5.21. The van der Waals surface area contributed by atoms with E-state index in [1.807, 2.05) is 54.6 Å². The van der Waals surface area contributed by atoms with Gasteiger partial charge in [-0.15, -0.1) is 0 Å². The lowest BCUT2D eigenvalue weighted by molar-refractivity contribution is 0.282. The van der Waals surface area contributed by atoms with Crippen molar-refractivity contribution in [3.05, 3.63) is 82.1 Å². The first-order valence-corrected chi connectivity index (χ1v) is 12.6. The Morgan fingerprint density at radius 3 is 2.54 bits per heavy atom. The zero-order valence-electron chi connectivity index (χ0n) is 20.1. The molecular weight excluding hydrogens is 458 g/mol. The van der Waals surface area contributed by atoms with Gasteiger partial charge in [0.05, 0.1) is 16.5 Å². The summed E-state index contributed by atoms with van der Waals surface area (Å²) >= 11 is 6.06. The van der Waals surface area contributed by atoms with Crippen LogP contribution in [0.3, 0.4) is 0 Å². The van der Waals surface area contributed by atoms with Gasteiger partial charge in [0.2, 0.25) is 0 Å². The number of hydrogen-bond donors (Lipinski definition) is 1. The van der Waals surface area contributed by atoms with E-state index in [4.69, 9.17) is 16.6 Å². The van der Waals surface area contributed by atoms with E-state index in [2.05, 4.69) is 18.7 Å². The smallest absolute Gasteiger partial charge is 0.261 e. The molecule has 6 heteroatoms. The van der Waals surface area contributed by atoms with Crippen molar-refractivity contribution < 1.29 is 5.11 Å². The number of phenols is 1. The van der Waals surface area contributed by atoms with Crippen LogP contribution >= 0.6 is 11.6 Å². The fourth-order valence-electron chi connectivity index (χ4n) is 5.08. The number of rotatable bonds is 6. The summed E-state index contributed by atoms with van der Waals surface area (Å²) in [7, 11) is 0. The predicted octanol–water partition coefficient (Wildman–Crippen LogP) is 6.07. The normalized spacial score (nSPS) is 16.4. The molecule has 180 valence electrons. The molecule has 0 amide bonds. The van der Waals surface area contributed by atoms with E-state index in [9.17, 15) is 9.90 Å². The Bertz CT molecular complexity index is 1410. The molecule has 1 aromatic heterocycles. The van der Waals surface area contributed by atoms with Gasteiger partial charge in [0, 0.05) is 24.7 Å². The van der Waals surface area contributed by atoms with Gasteiger partial charge < -0.3 is 10.0 Å². The minimum Gasteiger partial charge on any atom is -0.507 e. The number of likely N-dealkylation sites (tertiary alicyclic amines) is 1. The molecule has 5 nitrogen and oxygen atoms in total. The van der Waals surface area contributed by atoms with E-state index in [-0.39, 0.29) is 11.3 Å². The Balaban J connectivity index is 1.61. The Morgan fingerprint density at radius 1 is 1.06 bits per heavy atom. The third-order valence-electron chi connectivity index (χ3n) is 6.71. The van der Waals surface area contributed by atoms with Crippen LogP contribution in [0.15, 0.2) is 71.5 Å². The highest BCUT2D eigenvalue weighted by Crippen LogP contribution is 2.30. The summed E-state index contributed by atoms with van der Waals surface area (Å²) in [5.41, 5.74) is 3.05. The Kier molecular flexibility index (Phi) is 6.63. The van der Waals surface area contributed by atoms with E-state index in [1.54, 1.807) is 16.7 Å². The highest BCUT2D eigenvalue weighted by molar-refractivity contribution is 6.30. The molecule has 3 aromatic carbocycles. The lowest BCUT2D eigenvalue weighted by Crippen LogP contribution is -2.29. The number of aromatic nitrogens is 2. The number of aromatic hydroxyl groups is 1. The first-order chi connectivity index (χ1) is 16.9. The summed E-state index contributed by atoms with van der Waals surface area (Å²) in [4.78, 5) is 21.3. The molecule has 0 saturated carbocycles. The summed E-state index contributed by atoms with van der Waals surface area (Å²) in [6, 6.07) is 20.5. The number of benzene rings is 3. The third kappa shape index (κ3) is 4.97. The maximum Gasteiger partial charge on any atom is 0.261 e. The van der Waals surface area contributed by atoms with Crippen LogP contribution in [0.5, 0.6) is 5.75 Å². The summed E-state index contributed by atoms with van der Waals surface area (Å²) in [5, 5.41) is 11.8. The summed E-state index contributed by atoms with van der Waals surface area (Å²) in [6.07, 6.45) is 1.04. The second kappa shape index (κ2) is 9.84. The summed E-state index contributed by atoms with van der Waals surface area (Å²) < 4.78 is 1.77. The van der Waals surface area contributed by atoms with E-state index in [1.165, 1.54) is 0 Å². The van der Waals surface area contributed by atoms with Crippen molar-refractivity contribution in [2.75, 3.05) is 19.6 Å². The van der Waals surface area contributed by atoms with E-state index in [0.717, 1.165) is 37.2 Å². The average molecular weight is 488 g/mol. The standard InChI is InChI=1S/C29H30ClN3O2/c1-19(2)16-32-14-13-20(17-32)18-33-28(24-5-3-4-6-27(24)34)31-26-12-9-22(15-25(26)29(33)35)21-7-10-23(30)11-8-21/h3-12,15,19-20,34H,13-14,16-18H2,1-2H3. The van der Waals surface area contributed by atoms with Crippen LogP contribution in [0.4, 0.5) is 0 Å². The van der Waals surface area contributed by atoms with Crippen LogP contribution in [0.2, 0.25) is 5.02 Å².